The molecule has 21 heavy (non-hydrogen) atoms. The third-order valence-corrected chi connectivity index (χ3v) is 5.27. The second kappa shape index (κ2) is 6.44. The third kappa shape index (κ3) is 4.71. The summed E-state index contributed by atoms with van der Waals surface area (Å²) in [5, 5.41) is 14.7. The van der Waals surface area contributed by atoms with Crippen molar-refractivity contribution in [1.29, 1.82) is 0 Å². The van der Waals surface area contributed by atoms with Gasteiger partial charge in [-0.15, -0.1) is 0 Å². The summed E-state index contributed by atoms with van der Waals surface area (Å²) >= 11 is 0. The maximum Gasteiger partial charge on any atom is 0.319 e. The van der Waals surface area contributed by atoms with Crippen molar-refractivity contribution in [1.82, 2.24) is 5.32 Å². The molecule has 7 heteroatoms. The topological polar surface area (TPSA) is 95.5 Å². The molecule has 0 saturated carbocycles. The van der Waals surface area contributed by atoms with E-state index in [1.807, 2.05) is 0 Å². The van der Waals surface area contributed by atoms with Crippen molar-refractivity contribution in [2.75, 3.05) is 16.8 Å². The van der Waals surface area contributed by atoms with E-state index in [-0.39, 0.29) is 17.5 Å². The van der Waals surface area contributed by atoms with E-state index < -0.39 is 22.0 Å². The van der Waals surface area contributed by atoms with Crippen LogP contribution < -0.4 is 10.6 Å². The number of anilines is 1. The second-order valence-corrected chi connectivity index (χ2v) is 7.58. The highest BCUT2D eigenvalue weighted by atomic mass is 32.2. The van der Waals surface area contributed by atoms with Gasteiger partial charge in [0, 0.05) is 11.7 Å². The van der Waals surface area contributed by atoms with E-state index in [9.17, 15) is 18.3 Å². The smallest absolute Gasteiger partial charge is 0.319 e. The monoisotopic (exact) mass is 312 g/mol. The summed E-state index contributed by atoms with van der Waals surface area (Å²) in [5.74, 6) is 0.203. The number of urea groups is 1. The van der Waals surface area contributed by atoms with Crippen LogP contribution >= 0.6 is 0 Å². The molecule has 1 saturated heterocycles. The molecular weight excluding hydrogens is 292 g/mol. The van der Waals surface area contributed by atoms with Crippen LogP contribution in [0.3, 0.4) is 0 Å². The van der Waals surface area contributed by atoms with Gasteiger partial charge in [0.05, 0.1) is 17.6 Å². The molecule has 2 atom stereocenters. The van der Waals surface area contributed by atoms with Crippen molar-refractivity contribution < 1.29 is 18.3 Å². The first-order valence-corrected chi connectivity index (χ1v) is 8.74. The predicted octanol–water partition coefficient (Wildman–Crippen LogP) is 1.44. The van der Waals surface area contributed by atoms with Gasteiger partial charge in [-0.1, -0.05) is 12.1 Å². The van der Waals surface area contributed by atoms with Crippen molar-refractivity contribution in [2.24, 2.45) is 0 Å². The van der Waals surface area contributed by atoms with Crippen LogP contribution in [0.25, 0.3) is 0 Å². The van der Waals surface area contributed by atoms with Crippen molar-refractivity contribution in [3.63, 3.8) is 0 Å². The molecule has 6 nitrogen and oxygen atoms in total. The number of carbonyl (C=O) groups excluding carboxylic acids is 1. The van der Waals surface area contributed by atoms with Gasteiger partial charge in [-0.25, -0.2) is 13.2 Å². The van der Waals surface area contributed by atoms with Crippen LogP contribution in [0.2, 0.25) is 0 Å². The molecule has 0 aromatic heterocycles. The molecule has 0 bridgehead atoms. The molecule has 2 rings (SSSR count). The maximum absolute atomic E-state index is 11.8. The Balaban J connectivity index is 1.89. The second-order valence-electron chi connectivity index (χ2n) is 5.35. The number of hydrogen-bond acceptors (Lipinski definition) is 4. The Morgan fingerprint density at radius 1 is 1.33 bits per heavy atom. The Morgan fingerprint density at radius 3 is 2.57 bits per heavy atom. The SMILES string of the molecule is CC(O)c1ccc(NC(=O)NC2CCCS(=O)(=O)C2)cc1. The Labute approximate surface area is 124 Å². The van der Waals surface area contributed by atoms with Crippen molar-refractivity contribution >= 4 is 21.6 Å². The van der Waals surface area contributed by atoms with E-state index in [0.717, 1.165) is 5.56 Å². The fraction of sp³-hybridized carbons (Fsp3) is 0.500. The molecule has 0 radical (unpaired) electrons. The maximum atomic E-state index is 11.8. The summed E-state index contributed by atoms with van der Waals surface area (Å²) in [6.07, 6.45) is 0.699. The lowest BCUT2D eigenvalue weighted by molar-refractivity contribution is 0.199. The molecular formula is C14H20N2O4S. The summed E-state index contributed by atoms with van der Waals surface area (Å²) in [6.45, 7) is 1.67. The lowest BCUT2D eigenvalue weighted by Crippen LogP contribution is -2.44. The molecule has 3 N–H and O–H groups in total. The van der Waals surface area contributed by atoms with Gasteiger partial charge in [-0.05, 0) is 37.5 Å². The first-order valence-electron chi connectivity index (χ1n) is 6.92. The first kappa shape index (κ1) is 15.8. The zero-order valence-corrected chi connectivity index (χ0v) is 12.7. The van der Waals surface area contributed by atoms with Gasteiger partial charge in [0.2, 0.25) is 0 Å². The van der Waals surface area contributed by atoms with Gasteiger partial charge in [-0.2, -0.15) is 0 Å². The average molecular weight is 312 g/mol. The van der Waals surface area contributed by atoms with Crippen molar-refractivity contribution in [2.45, 2.75) is 31.9 Å². The van der Waals surface area contributed by atoms with E-state index in [4.69, 9.17) is 0 Å². The summed E-state index contributed by atoms with van der Waals surface area (Å²) < 4.78 is 23.0. The summed E-state index contributed by atoms with van der Waals surface area (Å²) in [6, 6.07) is 6.09. The lowest BCUT2D eigenvalue weighted by atomic mass is 10.1. The number of benzene rings is 1. The molecule has 1 aliphatic heterocycles. The fourth-order valence-electron chi connectivity index (χ4n) is 2.33. The van der Waals surface area contributed by atoms with Crippen LogP contribution in [0.1, 0.15) is 31.4 Å². The molecule has 2 amide bonds. The van der Waals surface area contributed by atoms with E-state index in [1.165, 1.54) is 0 Å². The number of amides is 2. The normalized spacial score (nSPS) is 22.3. The number of carbonyl (C=O) groups is 1. The van der Waals surface area contributed by atoms with E-state index in [2.05, 4.69) is 10.6 Å². The molecule has 2 unspecified atom stereocenters. The zero-order chi connectivity index (χ0) is 15.5. The minimum atomic E-state index is -3.04. The first-order chi connectivity index (χ1) is 9.85. The van der Waals surface area contributed by atoms with Gasteiger partial charge in [-0.3, -0.25) is 0 Å². The molecule has 1 fully saturated rings. The average Bonchev–Trinajstić information content (AvgIpc) is 2.37. The minimum Gasteiger partial charge on any atom is -0.389 e. The Kier molecular flexibility index (Phi) is 4.84. The molecule has 0 spiro atoms. The van der Waals surface area contributed by atoms with Gasteiger partial charge < -0.3 is 15.7 Å². The number of nitrogens with one attached hydrogen (secondary N) is 2. The number of aliphatic hydroxyl groups excluding tert-OH is 1. The highest BCUT2D eigenvalue weighted by Crippen LogP contribution is 2.16. The zero-order valence-electron chi connectivity index (χ0n) is 11.9. The van der Waals surface area contributed by atoms with Crippen LogP contribution in [-0.2, 0) is 9.84 Å². The van der Waals surface area contributed by atoms with Crippen LogP contribution in [0.15, 0.2) is 24.3 Å². The van der Waals surface area contributed by atoms with Gasteiger partial charge >= 0.3 is 6.03 Å². The Morgan fingerprint density at radius 2 is 2.00 bits per heavy atom. The standard InChI is InChI=1S/C14H20N2O4S/c1-10(17)11-4-6-12(7-5-11)15-14(18)16-13-3-2-8-21(19,20)9-13/h4-7,10,13,17H,2-3,8-9H2,1H3,(H2,15,16,18). The number of rotatable bonds is 3. The van der Waals surface area contributed by atoms with Crippen LogP contribution in [0.4, 0.5) is 10.5 Å². The quantitative estimate of drug-likeness (QED) is 0.787. The molecule has 1 aromatic rings. The highest BCUT2D eigenvalue weighted by molar-refractivity contribution is 7.91. The molecule has 116 valence electrons. The Hall–Kier alpha value is -1.60. The largest absolute Gasteiger partial charge is 0.389 e. The fourth-order valence-corrected chi connectivity index (χ4v) is 3.97. The summed E-state index contributed by atoms with van der Waals surface area (Å²) in [5.41, 5.74) is 1.36. The minimum absolute atomic E-state index is 0.00137. The van der Waals surface area contributed by atoms with Crippen molar-refractivity contribution in [3.05, 3.63) is 29.8 Å². The third-order valence-electron chi connectivity index (χ3n) is 3.45. The van der Waals surface area contributed by atoms with Crippen LogP contribution in [0, 0.1) is 0 Å². The number of hydrogen-bond donors (Lipinski definition) is 3. The molecule has 1 aromatic carbocycles. The lowest BCUT2D eigenvalue weighted by Gasteiger charge is -2.23. The van der Waals surface area contributed by atoms with E-state index in [0.29, 0.717) is 18.5 Å². The molecule has 1 aliphatic rings. The predicted molar refractivity (Wildman–Crippen MR) is 80.9 cm³/mol. The summed E-state index contributed by atoms with van der Waals surface area (Å²) in [7, 11) is -3.04. The van der Waals surface area contributed by atoms with Crippen LogP contribution in [0.5, 0.6) is 0 Å². The van der Waals surface area contributed by atoms with Gasteiger partial charge in [0.15, 0.2) is 9.84 Å². The Bertz CT molecular complexity index is 596. The number of sulfone groups is 1. The summed E-state index contributed by atoms with van der Waals surface area (Å²) in [4.78, 5) is 11.8. The highest BCUT2D eigenvalue weighted by Gasteiger charge is 2.25. The van der Waals surface area contributed by atoms with Crippen molar-refractivity contribution in [3.8, 4) is 0 Å². The van der Waals surface area contributed by atoms with Gasteiger partial charge in [0.1, 0.15) is 0 Å². The molecule has 1 heterocycles. The number of aliphatic hydroxyl groups is 1. The molecule has 0 aliphatic carbocycles. The van der Waals surface area contributed by atoms with E-state index in [1.54, 1.807) is 31.2 Å². The van der Waals surface area contributed by atoms with Gasteiger partial charge in [0.25, 0.3) is 0 Å². The van der Waals surface area contributed by atoms with Crippen LogP contribution in [-0.4, -0.2) is 37.1 Å². The van der Waals surface area contributed by atoms with E-state index >= 15 is 0 Å².